The van der Waals surface area contributed by atoms with Crippen molar-refractivity contribution in [2.75, 3.05) is 5.32 Å². The van der Waals surface area contributed by atoms with Crippen molar-refractivity contribution in [1.82, 2.24) is 0 Å². The largest absolute Gasteiger partial charge is 0.481 e. The van der Waals surface area contributed by atoms with E-state index >= 15 is 0 Å². The number of hydrogen-bond donors (Lipinski definition) is 1. The number of carbonyl (C=O) groups is 2. The highest BCUT2D eigenvalue weighted by Crippen LogP contribution is 2.24. The number of halogens is 1. The zero-order chi connectivity index (χ0) is 21.0. The second-order valence-corrected chi connectivity index (χ2v) is 7.39. The number of nitrogens with one attached hydrogen (secondary N) is 1. The minimum atomic E-state index is -0.744. The Bertz CT molecular complexity index is 1030. The second kappa shape index (κ2) is 8.93. The van der Waals surface area contributed by atoms with Crippen LogP contribution >= 0.6 is 11.6 Å². The number of ether oxygens (including phenoxy) is 1. The molecule has 0 aromatic heterocycles. The van der Waals surface area contributed by atoms with E-state index in [1.54, 1.807) is 49.4 Å². The van der Waals surface area contributed by atoms with E-state index in [1.807, 2.05) is 38.1 Å². The molecule has 1 N–H and O–H groups in total. The Hall–Kier alpha value is -3.11. The van der Waals surface area contributed by atoms with Gasteiger partial charge in [-0.3, -0.25) is 9.59 Å². The third kappa shape index (κ3) is 5.24. The van der Waals surface area contributed by atoms with Gasteiger partial charge in [0.2, 0.25) is 0 Å². The predicted octanol–water partition coefficient (Wildman–Crippen LogP) is 5.59. The molecular formula is C24H22ClNO3. The summed E-state index contributed by atoms with van der Waals surface area (Å²) in [5.74, 6) is 0.0571. The fraction of sp³-hybridized carbons (Fsp3) is 0.167. The maximum Gasteiger partial charge on any atom is 0.265 e. The second-order valence-electron chi connectivity index (χ2n) is 6.96. The number of anilines is 1. The zero-order valence-electron chi connectivity index (χ0n) is 16.5. The first-order valence-electron chi connectivity index (χ1n) is 9.28. The van der Waals surface area contributed by atoms with Crippen LogP contribution < -0.4 is 10.1 Å². The molecule has 0 radical (unpaired) electrons. The molecule has 1 unspecified atom stereocenters. The monoisotopic (exact) mass is 407 g/mol. The molecule has 0 aliphatic heterocycles. The minimum Gasteiger partial charge on any atom is -0.481 e. The Labute approximate surface area is 175 Å². The van der Waals surface area contributed by atoms with Crippen LogP contribution in [0, 0.1) is 13.8 Å². The average molecular weight is 408 g/mol. The van der Waals surface area contributed by atoms with Crippen LogP contribution in [0.3, 0.4) is 0 Å². The number of carbonyl (C=O) groups excluding carboxylic acids is 2. The van der Waals surface area contributed by atoms with Gasteiger partial charge < -0.3 is 10.1 Å². The summed E-state index contributed by atoms with van der Waals surface area (Å²) < 4.78 is 5.80. The summed E-state index contributed by atoms with van der Waals surface area (Å²) >= 11 is 6.09. The Balaban J connectivity index is 1.80. The van der Waals surface area contributed by atoms with Crippen molar-refractivity contribution in [2.45, 2.75) is 26.9 Å². The van der Waals surface area contributed by atoms with Gasteiger partial charge in [0.05, 0.1) is 5.69 Å². The standard InChI is InChI=1S/C24H22ClNO3/c1-15-11-16(2)13-20(12-15)29-17(3)24(28)26-22-10-9-19(25)14-21(22)23(27)18-7-5-4-6-8-18/h4-14,17H,1-3H3,(H,26,28). The molecule has 4 nitrogen and oxygen atoms in total. The van der Waals surface area contributed by atoms with Crippen molar-refractivity contribution in [1.29, 1.82) is 0 Å². The molecular weight excluding hydrogens is 386 g/mol. The molecule has 148 valence electrons. The summed E-state index contributed by atoms with van der Waals surface area (Å²) in [5.41, 5.74) is 3.35. The van der Waals surface area contributed by atoms with Crippen molar-refractivity contribution >= 4 is 29.0 Å². The molecule has 1 atom stereocenters. The van der Waals surface area contributed by atoms with Gasteiger partial charge in [0.1, 0.15) is 5.75 Å². The van der Waals surface area contributed by atoms with Crippen molar-refractivity contribution in [3.05, 3.63) is 94.0 Å². The van der Waals surface area contributed by atoms with E-state index in [4.69, 9.17) is 16.3 Å². The molecule has 0 bridgehead atoms. The third-order valence-corrected chi connectivity index (χ3v) is 4.63. The van der Waals surface area contributed by atoms with Crippen molar-refractivity contribution in [3.8, 4) is 5.75 Å². The fourth-order valence-corrected chi connectivity index (χ4v) is 3.22. The average Bonchev–Trinajstić information content (AvgIpc) is 2.68. The SMILES string of the molecule is Cc1cc(C)cc(OC(C)C(=O)Nc2ccc(Cl)cc2C(=O)c2ccccc2)c1. The third-order valence-electron chi connectivity index (χ3n) is 4.40. The van der Waals surface area contributed by atoms with Crippen LogP contribution in [0.15, 0.2) is 66.7 Å². The summed E-state index contributed by atoms with van der Waals surface area (Å²) in [6.07, 6.45) is -0.744. The number of ketones is 1. The predicted molar refractivity (Wildman–Crippen MR) is 116 cm³/mol. The minimum absolute atomic E-state index is 0.216. The van der Waals surface area contributed by atoms with Gasteiger partial charge in [0.25, 0.3) is 5.91 Å². The lowest BCUT2D eigenvalue weighted by Crippen LogP contribution is -2.30. The van der Waals surface area contributed by atoms with Gasteiger partial charge in [-0.2, -0.15) is 0 Å². The Morgan fingerprint density at radius 1 is 0.931 bits per heavy atom. The highest BCUT2D eigenvalue weighted by atomic mass is 35.5. The molecule has 3 rings (SSSR count). The van der Waals surface area contributed by atoms with Gasteiger partial charge >= 0.3 is 0 Å². The first kappa shape index (κ1) is 20.6. The molecule has 0 aliphatic carbocycles. The zero-order valence-corrected chi connectivity index (χ0v) is 17.3. The molecule has 29 heavy (non-hydrogen) atoms. The first-order valence-corrected chi connectivity index (χ1v) is 9.66. The molecule has 0 spiro atoms. The Kier molecular flexibility index (Phi) is 6.35. The molecule has 0 saturated carbocycles. The van der Waals surface area contributed by atoms with Crippen LogP contribution in [0.4, 0.5) is 5.69 Å². The van der Waals surface area contributed by atoms with Crippen LogP contribution in [0.2, 0.25) is 5.02 Å². The topological polar surface area (TPSA) is 55.4 Å². The van der Waals surface area contributed by atoms with Crippen LogP contribution in [-0.4, -0.2) is 17.8 Å². The van der Waals surface area contributed by atoms with Crippen molar-refractivity contribution < 1.29 is 14.3 Å². The summed E-state index contributed by atoms with van der Waals surface area (Å²) in [7, 11) is 0. The number of aryl methyl sites for hydroxylation is 2. The van der Waals surface area contributed by atoms with E-state index in [9.17, 15) is 9.59 Å². The van der Waals surface area contributed by atoms with Gasteiger partial charge in [0, 0.05) is 16.1 Å². The van der Waals surface area contributed by atoms with Crippen LogP contribution in [0.5, 0.6) is 5.75 Å². The van der Waals surface area contributed by atoms with E-state index < -0.39 is 6.10 Å². The highest BCUT2D eigenvalue weighted by Gasteiger charge is 2.20. The lowest BCUT2D eigenvalue weighted by atomic mass is 10.0. The van der Waals surface area contributed by atoms with E-state index in [0.717, 1.165) is 11.1 Å². The van der Waals surface area contributed by atoms with E-state index in [1.165, 1.54) is 0 Å². The molecule has 1 amide bonds. The molecule has 0 fully saturated rings. The van der Waals surface area contributed by atoms with E-state index in [2.05, 4.69) is 5.32 Å². The summed E-state index contributed by atoms with van der Waals surface area (Å²) in [4.78, 5) is 25.6. The molecule has 0 saturated heterocycles. The maximum absolute atomic E-state index is 12.9. The number of hydrogen-bond acceptors (Lipinski definition) is 3. The number of amides is 1. The van der Waals surface area contributed by atoms with Crippen LogP contribution in [0.1, 0.15) is 34.0 Å². The van der Waals surface area contributed by atoms with Crippen LogP contribution in [0.25, 0.3) is 0 Å². The lowest BCUT2D eigenvalue weighted by Gasteiger charge is -2.17. The summed E-state index contributed by atoms with van der Waals surface area (Å²) in [6.45, 7) is 5.61. The molecule has 0 aliphatic rings. The molecule has 3 aromatic carbocycles. The maximum atomic E-state index is 12.9. The quantitative estimate of drug-likeness (QED) is 0.541. The summed E-state index contributed by atoms with van der Waals surface area (Å²) in [5, 5.41) is 3.21. The fourth-order valence-electron chi connectivity index (χ4n) is 3.05. The van der Waals surface area contributed by atoms with Gasteiger partial charge in [-0.05, 0) is 62.2 Å². The molecule has 3 aromatic rings. The Morgan fingerprint density at radius 3 is 2.24 bits per heavy atom. The van der Waals surface area contributed by atoms with Gasteiger partial charge in [-0.15, -0.1) is 0 Å². The highest BCUT2D eigenvalue weighted by molar-refractivity contribution is 6.31. The summed E-state index contributed by atoms with van der Waals surface area (Å²) in [6, 6.07) is 19.5. The van der Waals surface area contributed by atoms with Crippen molar-refractivity contribution in [3.63, 3.8) is 0 Å². The normalized spacial score (nSPS) is 11.6. The first-order chi connectivity index (χ1) is 13.8. The van der Waals surface area contributed by atoms with Gasteiger partial charge in [-0.25, -0.2) is 0 Å². The molecule has 5 heteroatoms. The van der Waals surface area contributed by atoms with Gasteiger partial charge in [0.15, 0.2) is 11.9 Å². The van der Waals surface area contributed by atoms with E-state index in [-0.39, 0.29) is 11.7 Å². The van der Waals surface area contributed by atoms with Gasteiger partial charge in [-0.1, -0.05) is 48.0 Å². The molecule has 0 heterocycles. The van der Waals surface area contributed by atoms with E-state index in [0.29, 0.717) is 27.6 Å². The van der Waals surface area contributed by atoms with Crippen molar-refractivity contribution in [2.24, 2.45) is 0 Å². The number of benzene rings is 3. The Morgan fingerprint density at radius 2 is 1.59 bits per heavy atom. The lowest BCUT2D eigenvalue weighted by molar-refractivity contribution is -0.122. The smallest absolute Gasteiger partial charge is 0.265 e. The number of rotatable bonds is 6. The van der Waals surface area contributed by atoms with Crippen LogP contribution in [-0.2, 0) is 4.79 Å².